The Labute approximate surface area is 101 Å². The van der Waals surface area contributed by atoms with Crippen molar-refractivity contribution in [2.75, 3.05) is 14.2 Å². The lowest BCUT2D eigenvalue weighted by atomic mass is 10.2. The first-order valence-corrected chi connectivity index (χ1v) is 6.24. The maximum absolute atomic E-state index is 11.8. The molecule has 0 aliphatic heterocycles. The summed E-state index contributed by atoms with van der Waals surface area (Å²) in [6, 6.07) is 9.03. The van der Waals surface area contributed by atoms with Crippen LogP contribution in [-0.4, -0.2) is 14.2 Å². The molecule has 1 aromatic rings. The lowest BCUT2D eigenvalue weighted by Crippen LogP contribution is -1.95. The fourth-order valence-electron chi connectivity index (χ4n) is 1.11. The molecule has 0 saturated heterocycles. The summed E-state index contributed by atoms with van der Waals surface area (Å²) in [7, 11) is -1.12. The summed E-state index contributed by atoms with van der Waals surface area (Å²) in [4.78, 5) is 0. The molecule has 0 aliphatic carbocycles. The van der Waals surface area contributed by atoms with E-state index in [1.807, 2.05) is 18.2 Å². The molecule has 0 saturated carbocycles. The number of hydrogen-bond acceptors (Lipinski definition) is 4. The van der Waals surface area contributed by atoms with Crippen molar-refractivity contribution in [1.29, 1.82) is 0 Å². The molecule has 0 unspecified atom stereocenters. The molecular weight excluding hydrogens is 239 g/mol. The zero-order chi connectivity index (χ0) is 12.7. The summed E-state index contributed by atoms with van der Waals surface area (Å²) in [6.07, 6.45) is 6.55. The van der Waals surface area contributed by atoms with Crippen molar-refractivity contribution in [3.05, 3.63) is 42.0 Å². The van der Waals surface area contributed by atoms with Gasteiger partial charge in [0.15, 0.2) is 0 Å². The summed E-state index contributed by atoms with van der Waals surface area (Å²) in [6.45, 7) is 0. The monoisotopic (exact) mass is 252 g/mol. The Bertz CT molecular complexity index is 465. The van der Waals surface area contributed by atoms with E-state index in [1.165, 1.54) is 20.3 Å². The van der Waals surface area contributed by atoms with Gasteiger partial charge in [0.05, 0.1) is 0 Å². The van der Waals surface area contributed by atoms with E-state index in [0.29, 0.717) is 5.56 Å². The van der Waals surface area contributed by atoms with E-state index in [1.54, 1.807) is 12.1 Å². The van der Waals surface area contributed by atoms with Gasteiger partial charge in [0.2, 0.25) is 0 Å². The zero-order valence-corrected chi connectivity index (χ0v) is 10.5. The Hall–Kier alpha value is -1.53. The van der Waals surface area contributed by atoms with Gasteiger partial charge in [-0.15, -0.1) is 6.42 Å². The third-order valence-corrected chi connectivity index (χ3v) is 3.24. The molecule has 1 rings (SSSR count). The van der Waals surface area contributed by atoms with Crippen LogP contribution in [0.15, 0.2) is 36.4 Å². The van der Waals surface area contributed by atoms with Crippen molar-refractivity contribution in [2.45, 2.75) is 0 Å². The van der Waals surface area contributed by atoms with Gasteiger partial charge in [-0.05, 0) is 0 Å². The SMILES string of the molecule is C#C/C=C(\OP(=O)(OC)OC)c1ccccc1. The first-order chi connectivity index (χ1) is 8.15. The Kier molecular flexibility index (Phi) is 4.99. The number of terminal acetylenes is 1. The van der Waals surface area contributed by atoms with E-state index in [9.17, 15) is 4.57 Å². The number of benzene rings is 1. The van der Waals surface area contributed by atoms with Crippen LogP contribution in [0.4, 0.5) is 0 Å². The largest absolute Gasteiger partial charge is 0.529 e. The number of hydrogen-bond donors (Lipinski definition) is 0. The van der Waals surface area contributed by atoms with Crippen LogP contribution in [-0.2, 0) is 18.1 Å². The molecule has 0 N–H and O–H groups in total. The van der Waals surface area contributed by atoms with Crippen LogP contribution in [0, 0.1) is 12.3 Å². The first kappa shape index (κ1) is 13.5. The predicted molar refractivity (Wildman–Crippen MR) is 66.0 cm³/mol. The van der Waals surface area contributed by atoms with Gasteiger partial charge in [-0.3, -0.25) is 9.05 Å². The molecule has 0 atom stereocenters. The van der Waals surface area contributed by atoms with Crippen molar-refractivity contribution in [2.24, 2.45) is 0 Å². The second-order valence-electron chi connectivity index (χ2n) is 2.94. The average Bonchev–Trinajstić information content (AvgIpc) is 2.39. The van der Waals surface area contributed by atoms with Crippen LogP contribution < -0.4 is 0 Å². The standard InChI is InChI=1S/C12H13O4P/c1-4-8-12(11-9-6-5-7-10-11)16-17(13,14-2)15-3/h1,5-10H,2-3H3/b12-8-. The highest BCUT2D eigenvalue weighted by atomic mass is 31.2. The maximum atomic E-state index is 11.8. The molecule has 17 heavy (non-hydrogen) atoms. The molecule has 0 amide bonds. The molecule has 0 radical (unpaired) electrons. The van der Waals surface area contributed by atoms with Crippen molar-refractivity contribution < 1.29 is 18.1 Å². The van der Waals surface area contributed by atoms with Crippen LogP contribution in [0.25, 0.3) is 5.76 Å². The van der Waals surface area contributed by atoms with E-state index in [2.05, 4.69) is 15.0 Å². The Morgan fingerprint density at radius 1 is 1.29 bits per heavy atom. The summed E-state index contributed by atoms with van der Waals surface area (Å²) in [5.74, 6) is 2.58. The topological polar surface area (TPSA) is 44.8 Å². The van der Waals surface area contributed by atoms with E-state index in [-0.39, 0.29) is 5.76 Å². The van der Waals surface area contributed by atoms with Gasteiger partial charge in [-0.2, -0.15) is 0 Å². The van der Waals surface area contributed by atoms with E-state index < -0.39 is 7.82 Å². The second kappa shape index (κ2) is 6.27. The van der Waals surface area contributed by atoms with Crippen molar-refractivity contribution >= 4 is 13.6 Å². The van der Waals surface area contributed by atoms with E-state index in [4.69, 9.17) is 10.9 Å². The normalized spacial score (nSPS) is 11.9. The molecule has 1 aromatic carbocycles. The molecule has 90 valence electrons. The lowest BCUT2D eigenvalue weighted by Gasteiger charge is -2.16. The maximum Gasteiger partial charge on any atom is 0.529 e. The van der Waals surface area contributed by atoms with Crippen LogP contribution in [0.1, 0.15) is 5.56 Å². The average molecular weight is 252 g/mol. The molecule has 0 bridgehead atoms. The first-order valence-electron chi connectivity index (χ1n) is 4.78. The lowest BCUT2D eigenvalue weighted by molar-refractivity contribution is 0.201. The van der Waals surface area contributed by atoms with Gasteiger partial charge in [0, 0.05) is 25.9 Å². The number of phosphoric ester groups is 1. The van der Waals surface area contributed by atoms with Gasteiger partial charge in [0.25, 0.3) is 0 Å². The van der Waals surface area contributed by atoms with Crippen LogP contribution >= 0.6 is 7.82 Å². The number of phosphoric acid groups is 1. The minimum atomic E-state index is -3.60. The molecule has 0 aromatic heterocycles. The van der Waals surface area contributed by atoms with Crippen molar-refractivity contribution in [3.8, 4) is 12.3 Å². The van der Waals surface area contributed by atoms with E-state index >= 15 is 0 Å². The van der Waals surface area contributed by atoms with Crippen LogP contribution in [0.5, 0.6) is 0 Å². The van der Waals surface area contributed by atoms with Gasteiger partial charge in [-0.1, -0.05) is 36.3 Å². The highest BCUT2D eigenvalue weighted by molar-refractivity contribution is 7.48. The molecule has 4 nitrogen and oxygen atoms in total. The second-order valence-corrected chi connectivity index (χ2v) is 4.75. The Morgan fingerprint density at radius 2 is 1.88 bits per heavy atom. The summed E-state index contributed by atoms with van der Waals surface area (Å²) in [5.41, 5.74) is 0.694. The number of rotatable bonds is 5. The smallest absolute Gasteiger partial charge is 0.403 e. The zero-order valence-electron chi connectivity index (χ0n) is 9.62. The van der Waals surface area contributed by atoms with Gasteiger partial charge >= 0.3 is 7.82 Å². The van der Waals surface area contributed by atoms with Crippen LogP contribution in [0.2, 0.25) is 0 Å². The van der Waals surface area contributed by atoms with Gasteiger partial charge < -0.3 is 4.52 Å². The molecule has 0 spiro atoms. The Balaban J connectivity index is 3.02. The number of allylic oxidation sites excluding steroid dienone is 1. The quantitative estimate of drug-likeness (QED) is 0.459. The Morgan fingerprint density at radius 3 is 2.35 bits per heavy atom. The van der Waals surface area contributed by atoms with Crippen LogP contribution in [0.3, 0.4) is 0 Å². The highest BCUT2D eigenvalue weighted by Gasteiger charge is 2.26. The minimum Gasteiger partial charge on any atom is -0.403 e. The summed E-state index contributed by atoms with van der Waals surface area (Å²) >= 11 is 0. The van der Waals surface area contributed by atoms with Gasteiger partial charge in [-0.25, -0.2) is 4.57 Å². The third-order valence-electron chi connectivity index (χ3n) is 1.93. The molecular formula is C12H13O4P. The van der Waals surface area contributed by atoms with Gasteiger partial charge in [0.1, 0.15) is 5.76 Å². The fourth-order valence-corrected chi connectivity index (χ4v) is 1.81. The highest BCUT2D eigenvalue weighted by Crippen LogP contribution is 2.51. The third kappa shape index (κ3) is 3.76. The molecule has 5 heteroatoms. The van der Waals surface area contributed by atoms with Crippen molar-refractivity contribution in [1.82, 2.24) is 0 Å². The summed E-state index contributed by atoms with van der Waals surface area (Å²) in [5, 5.41) is 0. The molecule has 0 aliphatic rings. The summed E-state index contributed by atoms with van der Waals surface area (Å²) < 4.78 is 26.4. The van der Waals surface area contributed by atoms with E-state index in [0.717, 1.165) is 0 Å². The molecule has 0 heterocycles. The van der Waals surface area contributed by atoms with Crippen molar-refractivity contribution in [3.63, 3.8) is 0 Å². The predicted octanol–water partition coefficient (Wildman–Crippen LogP) is 3.08. The molecule has 0 fully saturated rings. The minimum absolute atomic E-state index is 0.264. The fraction of sp³-hybridized carbons (Fsp3) is 0.167.